The molecule has 3 rings (SSSR count). The van der Waals surface area contributed by atoms with Crippen molar-refractivity contribution in [1.29, 1.82) is 0 Å². The molecule has 198 valence electrons. The second-order valence-corrected chi connectivity index (χ2v) is 9.29. The summed E-state index contributed by atoms with van der Waals surface area (Å²) >= 11 is 0. The van der Waals surface area contributed by atoms with Gasteiger partial charge >= 0.3 is 0 Å². The minimum atomic E-state index is -0.887. The maximum atomic E-state index is 13.2. The minimum Gasteiger partial charge on any atom is -0.508 e. The minimum absolute atomic E-state index is 0.0243. The van der Waals surface area contributed by atoms with Crippen molar-refractivity contribution in [3.05, 3.63) is 75.3 Å². The number of nitro benzene ring substituents is 1. The summed E-state index contributed by atoms with van der Waals surface area (Å²) in [6.07, 6.45) is 5.02. The largest absolute Gasteiger partial charge is 0.508 e. The number of nitrogens with zero attached hydrogens (tertiary/aromatic N) is 3. The van der Waals surface area contributed by atoms with Gasteiger partial charge in [0, 0.05) is 24.2 Å². The van der Waals surface area contributed by atoms with Crippen molar-refractivity contribution in [2.24, 2.45) is 0 Å². The first-order valence-corrected chi connectivity index (χ1v) is 12.8. The van der Waals surface area contributed by atoms with E-state index in [2.05, 4.69) is 18.7 Å². The normalized spacial score (nSPS) is 17.1. The average molecular weight is 510 g/mol. The fourth-order valence-electron chi connectivity index (χ4n) is 4.61. The van der Waals surface area contributed by atoms with Crippen LogP contribution in [0.3, 0.4) is 0 Å². The number of benzene rings is 2. The lowest BCUT2D eigenvalue weighted by Crippen LogP contribution is -2.34. The molecule has 1 aliphatic heterocycles. The quantitative estimate of drug-likeness (QED) is 0.128. The number of aromatic hydroxyl groups is 1. The number of rotatable bonds is 13. The van der Waals surface area contributed by atoms with Crippen LogP contribution in [0.1, 0.15) is 63.1 Å². The second kappa shape index (κ2) is 13.0. The van der Waals surface area contributed by atoms with Crippen LogP contribution in [-0.2, 0) is 9.59 Å². The van der Waals surface area contributed by atoms with Gasteiger partial charge in [0.15, 0.2) is 0 Å². The van der Waals surface area contributed by atoms with Gasteiger partial charge in [0.2, 0.25) is 0 Å². The lowest BCUT2D eigenvalue weighted by atomic mass is 9.95. The molecule has 0 unspecified atom stereocenters. The summed E-state index contributed by atoms with van der Waals surface area (Å²) in [5.74, 6) is -1.97. The number of ketones is 1. The lowest BCUT2D eigenvalue weighted by Gasteiger charge is -2.27. The third-order valence-electron chi connectivity index (χ3n) is 6.61. The van der Waals surface area contributed by atoms with E-state index in [-0.39, 0.29) is 22.6 Å². The highest BCUT2D eigenvalue weighted by Crippen LogP contribution is 2.40. The van der Waals surface area contributed by atoms with Crippen molar-refractivity contribution >= 4 is 23.1 Å². The monoisotopic (exact) mass is 509 g/mol. The Morgan fingerprint density at radius 1 is 1.00 bits per heavy atom. The van der Waals surface area contributed by atoms with E-state index < -0.39 is 28.4 Å². The number of aliphatic hydroxyl groups excluding tert-OH is 1. The van der Waals surface area contributed by atoms with Gasteiger partial charge in [0.25, 0.3) is 17.4 Å². The van der Waals surface area contributed by atoms with Crippen LogP contribution in [0, 0.1) is 10.1 Å². The van der Waals surface area contributed by atoms with Crippen LogP contribution in [0.25, 0.3) is 5.76 Å². The molecule has 1 atom stereocenters. The standard InChI is InChI=1S/C28H35N3O6/c1-3-5-15-29(16-6-4-2)17-8-18-30-25(21-9-7-10-23(32)19-21)24(27(34)28(30)35)26(33)20-11-13-22(14-12-20)31(36)37/h7,9-14,19,25,32-33H,3-6,8,15-18H2,1-2H3/t25-/m1/s1. The Bertz CT molecular complexity index is 1140. The molecule has 0 bridgehead atoms. The number of hydrogen-bond acceptors (Lipinski definition) is 7. The van der Waals surface area contributed by atoms with Crippen molar-refractivity contribution in [3.8, 4) is 5.75 Å². The zero-order chi connectivity index (χ0) is 26.9. The molecule has 0 aliphatic carbocycles. The third kappa shape index (κ3) is 6.74. The number of hydrogen-bond donors (Lipinski definition) is 2. The van der Waals surface area contributed by atoms with E-state index in [1.807, 2.05) is 0 Å². The lowest BCUT2D eigenvalue weighted by molar-refractivity contribution is -0.384. The molecule has 9 heteroatoms. The first-order chi connectivity index (χ1) is 17.8. The van der Waals surface area contributed by atoms with Crippen LogP contribution in [0.4, 0.5) is 5.69 Å². The van der Waals surface area contributed by atoms with Crippen LogP contribution in [0.5, 0.6) is 5.75 Å². The Morgan fingerprint density at radius 2 is 1.62 bits per heavy atom. The van der Waals surface area contributed by atoms with Crippen molar-refractivity contribution in [2.75, 3.05) is 26.2 Å². The molecule has 2 aromatic carbocycles. The molecule has 0 spiro atoms. The summed E-state index contributed by atoms with van der Waals surface area (Å²) < 4.78 is 0. The number of unbranched alkanes of at least 4 members (excludes halogenated alkanes) is 2. The van der Waals surface area contributed by atoms with Gasteiger partial charge in [-0.15, -0.1) is 0 Å². The number of aliphatic hydroxyl groups is 1. The predicted molar refractivity (Wildman–Crippen MR) is 141 cm³/mol. The van der Waals surface area contributed by atoms with Gasteiger partial charge < -0.3 is 20.0 Å². The smallest absolute Gasteiger partial charge is 0.295 e. The van der Waals surface area contributed by atoms with Crippen LogP contribution >= 0.6 is 0 Å². The molecule has 1 heterocycles. The van der Waals surface area contributed by atoms with Crippen molar-refractivity contribution < 1.29 is 24.7 Å². The van der Waals surface area contributed by atoms with E-state index in [1.165, 1.54) is 41.3 Å². The van der Waals surface area contributed by atoms with Crippen LogP contribution in [-0.4, -0.2) is 62.8 Å². The molecule has 37 heavy (non-hydrogen) atoms. The zero-order valence-corrected chi connectivity index (χ0v) is 21.4. The van der Waals surface area contributed by atoms with Gasteiger partial charge in [-0.3, -0.25) is 19.7 Å². The Morgan fingerprint density at radius 3 is 2.19 bits per heavy atom. The molecule has 2 aromatic rings. The number of carbonyl (C=O) groups excluding carboxylic acids is 2. The molecule has 0 radical (unpaired) electrons. The summed E-state index contributed by atoms with van der Waals surface area (Å²) in [5, 5.41) is 32.2. The van der Waals surface area contributed by atoms with E-state index in [0.717, 1.165) is 45.3 Å². The average Bonchev–Trinajstić information content (AvgIpc) is 3.14. The molecule has 1 aliphatic rings. The molecule has 9 nitrogen and oxygen atoms in total. The number of phenols is 1. The van der Waals surface area contributed by atoms with Gasteiger partial charge in [0.1, 0.15) is 11.5 Å². The van der Waals surface area contributed by atoms with Crippen LogP contribution in [0.2, 0.25) is 0 Å². The number of phenolic OH excluding ortho intramolecular Hbond substituents is 1. The van der Waals surface area contributed by atoms with Crippen molar-refractivity contribution in [3.63, 3.8) is 0 Å². The van der Waals surface area contributed by atoms with Crippen LogP contribution < -0.4 is 0 Å². The SMILES string of the molecule is CCCCN(CCCC)CCCN1C(=O)C(=O)C(=C(O)c2ccc([N+](=O)[O-])cc2)[C@H]1c1cccc(O)c1. The van der Waals surface area contributed by atoms with Gasteiger partial charge in [-0.25, -0.2) is 0 Å². The number of Topliss-reactive ketones (excluding diaryl/α,β-unsaturated/α-hetero) is 1. The van der Waals surface area contributed by atoms with E-state index in [1.54, 1.807) is 12.1 Å². The molecule has 0 saturated carbocycles. The summed E-state index contributed by atoms with van der Waals surface area (Å²) in [6.45, 7) is 7.33. The Hall–Kier alpha value is -3.72. The number of nitro groups is 1. The summed E-state index contributed by atoms with van der Waals surface area (Å²) in [7, 11) is 0. The summed E-state index contributed by atoms with van der Waals surface area (Å²) in [4.78, 5) is 40.6. The maximum absolute atomic E-state index is 13.2. The first-order valence-electron chi connectivity index (χ1n) is 12.8. The molecule has 2 N–H and O–H groups in total. The predicted octanol–water partition coefficient (Wildman–Crippen LogP) is 5.01. The highest BCUT2D eigenvalue weighted by atomic mass is 16.6. The van der Waals surface area contributed by atoms with Crippen LogP contribution in [0.15, 0.2) is 54.1 Å². The van der Waals surface area contributed by atoms with E-state index >= 15 is 0 Å². The zero-order valence-electron chi connectivity index (χ0n) is 21.4. The van der Waals surface area contributed by atoms with Gasteiger partial charge in [-0.1, -0.05) is 38.8 Å². The van der Waals surface area contributed by atoms with Crippen molar-refractivity contribution in [1.82, 2.24) is 9.80 Å². The van der Waals surface area contributed by atoms with Gasteiger partial charge in [-0.05, 0) is 68.7 Å². The number of non-ortho nitro benzene ring substituents is 1. The molecule has 1 amide bonds. The number of likely N-dealkylation sites (tertiary alicyclic amines) is 1. The maximum Gasteiger partial charge on any atom is 0.295 e. The fourth-order valence-corrected chi connectivity index (χ4v) is 4.61. The molecule has 1 fully saturated rings. The Balaban J connectivity index is 1.93. The third-order valence-corrected chi connectivity index (χ3v) is 6.61. The molecule has 1 saturated heterocycles. The topological polar surface area (TPSA) is 124 Å². The van der Waals surface area contributed by atoms with Gasteiger partial charge in [-0.2, -0.15) is 0 Å². The van der Waals surface area contributed by atoms with E-state index in [0.29, 0.717) is 18.5 Å². The molecule has 0 aromatic heterocycles. The van der Waals surface area contributed by atoms with E-state index in [9.17, 15) is 29.9 Å². The van der Waals surface area contributed by atoms with Crippen molar-refractivity contribution in [2.45, 2.75) is 52.0 Å². The summed E-state index contributed by atoms with van der Waals surface area (Å²) in [6, 6.07) is 10.6. The molecular formula is C28H35N3O6. The number of carbonyl (C=O) groups is 2. The van der Waals surface area contributed by atoms with E-state index in [4.69, 9.17) is 0 Å². The highest BCUT2D eigenvalue weighted by molar-refractivity contribution is 6.46. The van der Waals surface area contributed by atoms with Gasteiger partial charge in [0.05, 0.1) is 16.5 Å². The Labute approximate surface area is 217 Å². The highest BCUT2D eigenvalue weighted by Gasteiger charge is 2.45. The molecular weight excluding hydrogens is 474 g/mol. The number of amides is 1. The first kappa shape index (κ1) is 27.9. The Kier molecular flexibility index (Phi) is 9.79. The second-order valence-electron chi connectivity index (χ2n) is 9.29. The summed E-state index contributed by atoms with van der Waals surface area (Å²) in [5.41, 5.74) is 0.436. The fraction of sp³-hybridized carbons (Fsp3) is 0.429.